The molecule has 2 aromatic heterocycles. The highest BCUT2D eigenvalue weighted by atomic mass is 16.3. The molecule has 1 saturated carbocycles. The second kappa shape index (κ2) is 5.56. The lowest BCUT2D eigenvalue weighted by Crippen LogP contribution is -2.39. The number of fused-ring (bicyclic) bond motifs is 1. The van der Waals surface area contributed by atoms with Crippen LogP contribution in [-0.2, 0) is 0 Å². The van der Waals surface area contributed by atoms with Gasteiger partial charge in [0.25, 0.3) is 0 Å². The Balaban J connectivity index is 1.87. The summed E-state index contributed by atoms with van der Waals surface area (Å²) in [7, 11) is 0. The molecule has 1 aliphatic carbocycles. The van der Waals surface area contributed by atoms with Gasteiger partial charge in [0.2, 0.25) is 0 Å². The van der Waals surface area contributed by atoms with Crippen LogP contribution >= 0.6 is 0 Å². The van der Waals surface area contributed by atoms with Gasteiger partial charge >= 0.3 is 0 Å². The number of nitrogens with zero attached hydrogens (tertiary/aromatic N) is 3. The Morgan fingerprint density at radius 3 is 2.71 bits per heavy atom. The lowest BCUT2D eigenvalue weighted by molar-refractivity contribution is 0.0167. The number of aryl methyl sites for hydroxylation is 2. The first-order valence-corrected chi connectivity index (χ1v) is 7.63. The quantitative estimate of drug-likeness (QED) is 0.908. The van der Waals surface area contributed by atoms with Crippen LogP contribution in [0, 0.1) is 13.8 Å². The smallest absolute Gasteiger partial charge is 0.165 e. The second-order valence-electron chi connectivity index (χ2n) is 6.14. The third-order valence-electron chi connectivity index (χ3n) is 4.30. The molecule has 0 aromatic carbocycles. The third kappa shape index (κ3) is 2.97. The molecular formula is C16H22N4O. The maximum absolute atomic E-state index is 10.6. The molecule has 2 heterocycles. The molecule has 2 aromatic rings. The number of nitrogens with one attached hydrogen (secondary N) is 1. The summed E-state index contributed by atoms with van der Waals surface area (Å²) in [6.07, 6.45) is 6.67. The number of aliphatic hydroxyl groups is 1. The first kappa shape index (κ1) is 14.2. The molecule has 21 heavy (non-hydrogen) atoms. The Morgan fingerprint density at radius 1 is 1.19 bits per heavy atom. The standard InChI is InChI=1S/C16H22N4O/c1-11-8-12(2)20-15-13(11)14(18-10-19-15)17-9-16(21)6-4-3-5-7-16/h8,10,21H,3-7,9H2,1-2H3,(H,17,18,19,20). The van der Waals surface area contributed by atoms with Crippen molar-refractivity contribution >= 4 is 16.9 Å². The van der Waals surface area contributed by atoms with E-state index in [4.69, 9.17) is 0 Å². The average Bonchev–Trinajstić information content (AvgIpc) is 2.45. The molecule has 1 fully saturated rings. The summed E-state index contributed by atoms with van der Waals surface area (Å²) in [5.74, 6) is 0.768. The Kier molecular flexibility index (Phi) is 3.76. The largest absolute Gasteiger partial charge is 0.388 e. The van der Waals surface area contributed by atoms with Gasteiger partial charge in [-0.05, 0) is 38.3 Å². The number of aromatic nitrogens is 3. The Bertz CT molecular complexity index is 650. The molecule has 0 amide bonds. The maximum Gasteiger partial charge on any atom is 0.165 e. The molecule has 2 N–H and O–H groups in total. The highest BCUT2D eigenvalue weighted by molar-refractivity contribution is 5.89. The molecule has 0 aliphatic heterocycles. The lowest BCUT2D eigenvalue weighted by Gasteiger charge is -2.32. The summed E-state index contributed by atoms with van der Waals surface area (Å²) >= 11 is 0. The topological polar surface area (TPSA) is 70.9 Å². The summed E-state index contributed by atoms with van der Waals surface area (Å²) < 4.78 is 0. The van der Waals surface area contributed by atoms with E-state index in [-0.39, 0.29) is 0 Å². The molecule has 0 unspecified atom stereocenters. The van der Waals surface area contributed by atoms with Crippen LogP contribution in [0.5, 0.6) is 0 Å². The first-order valence-electron chi connectivity index (χ1n) is 7.63. The van der Waals surface area contributed by atoms with Crippen molar-refractivity contribution in [1.82, 2.24) is 15.0 Å². The SMILES string of the molecule is Cc1cc(C)c2c(NCC3(O)CCCCC3)ncnc2n1. The lowest BCUT2D eigenvalue weighted by atomic mass is 9.85. The zero-order chi connectivity index (χ0) is 14.9. The number of pyridine rings is 1. The molecule has 0 spiro atoms. The second-order valence-corrected chi connectivity index (χ2v) is 6.14. The van der Waals surface area contributed by atoms with Crippen molar-refractivity contribution in [2.24, 2.45) is 0 Å². The zero-order valence-corrected chi connectivity index (χ0v) is 12.7. The van der Waals surface area contributed by atoms with Gasteiger partial charge < -0.3 is 10.4 Å². The Morgan fingerprint density at radius 2 is 1.95 bits per heavy atom. The molecule has 1 aliphatic rings. The fourth-order valence-corrected chi connectivity index (χ4v) is 3.18. The van der Waals surface area contributed by atoms with Gasteiger partial charge in [0.05, 0.1) is 11.0 Å². The van der Waals surface area contributed by atoms with Crippen molar-refractivity contribution in [3.8, 4) is 0 Å². The van der Waals surface area contributed by atoms with E-state index in [1.807, 2.05) is 19.9 Å². The maximum atomic E-state index is 10.6. The molecule has 0 bridgehead atoms. The molecule has 0 radical (unpaired) electrons. The number of hydrogen-bond donors (Lipinski definition) is 2. The highest BCUT2D eigenvalue weighted by Gasteiger charge is 2.29. The predicted octanol–water partition coefficient (Wildman–Crippen LogP) is 2.75. The summed E-state index contributed by atoms with van der Waals surface area (Å²) in [5, 5.41) is 14.9. The van der Waals surface area contributed by atoms with Crippen LogP contribution in [0.1, 0.15) is 43.4 Å². The minimum Gasteiger partial charge on any atom is -0.388 e. The molecule has 5 nitrogen and oxygen atoms in total. The zero-order valence-electron chi connectivity index (χ0n) is 12.7. The fraction of sp³-hybridized carbons (Fsp3) is 0.562. The van der Waals surface area contributed by atoms with Crippen molar-refractivity contribution < 1.29 is 5.11 Å². The molecule has 112 valence electrons. The van der Waals surface area contributed by atoms with Gasteiger partial charge in [-0.25, -0.2) is 15.0 Å². The molecule has 0 saturated heterocycles. The molecule has 0 atom stereocenters. The van der Waals surface area contributed by atoms with E-state index in [0.717, 1.165) is 48.1 Å². The molecular weight excluding hydrogens is 264 g/mol. The minimum atomic E-state index is -0.610. The summed E-state index contributed by atoms with van der Waals surface area (Å²) in [5.41, 5.74) is 2.16. The van der Waals surface area contributed by atoms with Crippen LogP contribution < -0.4 is 5.32 Å². The van der Waals surface area contributed by atoms with Crippen molar-refractivity contribution in [2.45, 2.75) is 51.6 Å². The third-order valence-corrected chi connectivity index (χ3v) is 4.30. The van der Waals surface area contributed by atoms with Gasteiger partial charge in [0.15, 0.2) is 5.65 Å². The monoisotopic (exact) mass is 286 g/mol. The van der Waals surface area contributed by atoms with Crippen molar-refractivity contribution in [1.29, 1.82) is 0 Å². The van der Waals surface area contributed by atoms with Gasteiger partial charge in [-0.2, -0.15) is 0 Å². The van der Waals surface area contributed by atoms with Crippen LogP contribution in [0.4, 0.5) is 5.82 Å². The van der Waals surface area contributed by atoms with Crippen molar-refractivity contribution in [3.63, 3.8) is 0 Å². The predicted molar refractivity (Wildman–Crippen MR) is 83.3 cm³/mol. The van der Waals surface area contributed by atoms with Gasteiger partial charge in [-0.1, -0.05) is 19.3 Å². The van der Waals surface area contributed by atoms with E-state index in [2.05, 4.69) is 20.3 Å². The molecule has 5 heteroatoms. The van der Waals surface area contributed by atoms with Crippen LogP contribution in [-0.4, -0.2) is 32.2 Å². The van der Waals surface area contributed by atoms with Crippen LogP contribution in [0.25, 0.3) is 11.0 Å². The fourth-order valence-electron chi connectivity index (χ4n) is 3.18. The van der Waals surface area contributed by atoms with Crippen molar-refractivity contribution in [3.05, 3.63) is 23.7 Å². The summed E-state index contributed by atoms with van der Waals surface area (Å²) in [6.45, 7) is 4.54. The van der Waals surface area contributed by atoms with Gasteiger partial charge in [0.1, 0.15) is 12.1 Å². The van der Waals surface area contributed by atoms with Crippen LogP contribution in [0.15, 0.2) is 12.4 Å². The Labute approximate surface area is 124 Å². The van der Waals surface area contributed by atoms with Crippen LogP contribution in [0.3, 0.4) is 0 Å². The van der Waals surface area contributed by atoms with E-state index < -0.39 is 5.60 Å². The van der Waals surface area contributed by atoms with E-state index >= 15 is 0 Å². The van der Waals surface area contributed by atoms with Crippen LogP contribution in [0.2, 0.25) is 0 Å². The van der Waals surface area contributed by atoms with E-state index in [1.165, 1.54) is 12.7 Å². The number of rotatable bonds is 3. The minimum absolute atomic E-state index is 0.534. The van der Waals surface area contributed by atoms with E-state index in [0.29, 0.717) is 12.2 Å². The Hall–Kier alpha value is -1.75. The number of anilines is 1. The average molecular weight is 286 g/mol. The number of hydrogen-bond acceptors (Lipinski definition) is 5. The van der Waals surface area contributed by atoms with Gasteiger partial charge in [0, 0.05) is 12.2 Å². The molecule has 3 rings (SSSR count). The highest BCUT2D eigenvalue weighted by Crippen LogP contribution is 2.29. The normalized spacial score (nSPS) is 17.9. The first-order chi connectivity index (χ1) is 10.1. The van der Waals surface area contributed by atoms with Crippen molar-refractivity contribution in [2.75, 3.05) is 11.9 Å². The van der Waals surface area contributed by atoms with Gasteiger partial charge in [-0.15, -0.1) is 0 Å². The van der Waals surface area contributed by atoms with E-state index in [9.17, 15) is 5.11 Å². The summed E-state index contributed by atoms with van der Waals surface area (Å²) in [6, 6.07) is 2.03. The summed E-state index contributed by atoms with van der Waals surface area (Å²) in [4.78, 5) is 13.0. The van der Waals surface area contributed by atoms with Gasteiger partial charge in [-0.3, -0.25) is 0 Å². The van der Waals surface area contributed by atoms with E-state index in [1.54, 1.807) is 0 Å².